The van der Waals surface area contributed by atoms with Gasteiger partial charge in [-0.25, -0.2) is 0 Å². The van der Waals surface area contributed by atoms with Crippen molar-refractivity contribution in [2.24, 2.45) is 5.73 Å². The number of benzene rings is 1. The zero-order valence-electron chi connectivity index (χ0n) is 11.1. The monoisotopic (exact) mass is 251 g/mol. The summed E-state index contributed by atoms with van der Waals surface area (Å²) in [6, 6.07) is 10.5. The predicted molar refractivity (Wildman–Crippen MR) is 75.1 cm³/mol. The van der Waals surface area contributed by atoms with E-state index in [0.29, 0.717) is 0 Å². The van der Waals surface area contributed by atoms with Gasteiger partial charge in [0.05, 0.1) is 11.3 Å². The van der Waals surface area contributed by atoms with E-state index in [2.05, 4.69) is 16.7 Å². The van der Waals surface area contributed by atoms with Gasteiger partial charge in [-0.15, -0.1) is 0 Å². The largest absolute Gasteiger partial charge is 0.324 e. The predicted octanol–water partition coefficient (Wildman–Crippen LogP) is 2.99. The highest BCUT2D eigenvalue weighted by molar-refractivity contribution is 5.55. The molecule has 0 bridgehead atoms. The molecule has 1 aromatic heterocycles. The lowest BCUT2D eigenvalue weighted by Crippen LogP contribution is -2.18. The van der Waals surface area contributed by atoms with Gasteiger partial charge in [0.15, 0.2) is 0 Å². The molecule has 0 spiro atoms. The van der Waals surface area contributed by atoms with Crippen molar-refractivity contribution in [3.63, 3.8) is 0 Å². The van der Waals surface area contributed by atoms with Gasteiger partial charge >= 0.3 is 0 Å². The maximum atomic E-state index is 9.37. The number of nitrogens with two attached hydrogens (primary N) is 1. The molecule has 3 heteroatoms. The van der Waals surface area contributed by atoms with Crippen LogP contribution in [0.1, 0.15) is 41.3 Å². The van der Waals surface area contributed by atoms with Crippen molar-refractivity contribution in [1.82, 2.24) is 4.57 Å². The molecule has 0 fully saturated rings. The summed E-state index contributed by atoms with van der Waals surface area (Å²) in [6.07, 6.45) is 5.25. The summed E-state index contributed by atoms with van der Waals surface area (Å²) < 4.78 is 2.14. The number of aromatic nitrogens is 1. The van der Waals surface area contributed by atoms with Gasteiger partial charge in [0.2, 0.25) is 0 Å². The van der Waals surface area contributed by atoms with Gasteiger partial charge in [-0.05, 0) is 49.4 Å². The minimum absolute atomic E-state index is 0.139. The van der Waals surface area contributed by atoms with Crippen LogP contribution in [0.5, 0.6) is 0 Å². The zero-order valence-corrected chi connectivity index (χ0v) is 11.1. The fraction of sp³-hybridized carbons (Fsp3) is 0.312. The quantitative estimate of drug-likeness (QED) is 0.847. The molecule has 0 aliphatic heterocycles. The third kappa shape index (κ3) is 1.85. The number of nitriles is 1. The molecular formula is C16H17N3. The molecular weight excluding hydrogens is 234 g/mol. The second-order valence-corrected chi connectivity index (χ2v) is 5.17. The van der Waals surface area contributed by atoms with E-state index in [4.69, 9.17) is 5.73 Å². The summed E-state index contributed by atoms with van der Waals surface area (Å²) in [6.45, 7) is 1.98. The molecule has 0 amide bonds. The number of fused-ring (bicyclic) bond motifs is 1. The highest BCUT2D eigenvalue weighted by Gasteiger charge is 2.21. The maximum absolute atomic E-state index is 9.37. The third-order valence-electron chi connectivity index (χ3n) is 3.98. The summed E-state index contributed by atoms with van der Waals surface area (Å²) in [5.74, 6) is 0. The lowest BCUT2D eigenvalue weighted by Gasteiger charge is -2.21. The first-order chi connectivity index (χ1) is 9.22. The molecule has 0 radical (unpaired) electrons. The molecule has 2 aromatic rings. The molecule has 1 unspecified atom stereocenters. The van der Waals surface area contributed by atoms with Crippen molar-refractivity contribution >= 4 is 0 Å². The Hall–Kier alpha value is -2.05. The average molecular weight is 251 g/mol. The van der Waals surface area contributed by atoms with E-state index in [1.54, 1.807) is 0 Å². The maximum Gasteiger partial charge on any atom is 0.102 e. The van der Waals surface area contributed by atoms with Crippen LogP contribution in [0.4, 0.5) is 0 Å². The normalized spacial score (nSPS) is 17.8. The van der Waals surface area contributed by atoms with Crippen molar-refractivity contribution in [3.8, 4) is 11.8 Å². The number of rotatable bonds is 1. The SMILES string of the molecule is Cc1cccc(-n2ccc3c2CCCC3N)c1C#N. The molecule has 19 heavy (non-hydrogen) atoms. The number of aryl methyl sites for hydroxylation is 1. The van der Waals surface area contributed by atoms with Crippen molar-refractivity contribution in [3.05, 3.63) is 52.8 Å². The third-order valence-corrected chi connectivity index (χ3v) is 3.98. The van der Waals surface area contributed by atoms with Gasteiger partial charge in [-0.1, -0.05) is 12.1 Å². The van der Waals surface area contributed by atoms with Crippen LogP contribution in [-0.2, 0) is 6.42 Å². The standard InChI is InChI=1S/C16H17N3/c1-11-4-2-6-16(13(11)10-17)19-9-8-12-14(18)5-3-7-15(12)19/h2,4,6,8-9,14H,3,5,7,18H2,1H3. The van der Waals surface area contributed by atoms with Gasteiger partial charge in [-0.2, -0.15) is 5.26 Å². The van der Waals surface area contributed by atoms with Gasteiger partial charge in [0, 0.05) is 17.9 Å². The van der Waals surface area contributed by atoms with Gasteiger partial charge in [0.25, 0.3) is 0 Å². The fourth-order valence-corrected chi connectivity index (χ4v) is 2.95. The number of nitrogens with zero attached hydrogens (tertiary/aromatic N) is 2. The minimum atomic E-state index is 0.139. The van der Waals surface area contributed by atoms with Crippen molar-refractivity contribution < 1.29 is 0 Å². The molecule has 2 N–H and O–H groups in total. The van der Waals surface area contributed by atoms with Crippen LogP contribution in [0.15, 0.2) is 30.5 Å². The van der Waals surface area contributed by atoms with Crippen LogP contribution in [0.2, 0.25) is 0 Å². The highest BCUT2D eigenvalue weighted by Crippen LogP contribution is 2.31. The molecule has 1 aromatic carbocycles. The Bertz CT molecular complexity index is 661. The topological polar surface area (TPSA) is 54.7 Å². The van der Waals surface area contributed by atoms with Crippen LogP contribution in [0.3, 0.4) is 0 Å². The molecule has 96 valence electrons. The van der Waals surface area contributed by atoms with Crippen LogP contribution in [0, 0.1) is 18.3 Å². The summed E-state index contributed by atoms with van der Waals surface area (Å²) in [5, 5.41) is 9.37. The minimum Gasteiger partial charge on any atom is -0.324 e. The zero-order chi connectivity index (χ0) is 13.4. The Morgan fingerprint density at radius 2 is 2.21 bits per heavy atom. The van der Waals surface area contributed by atoms with Gasteiger partial charge in [0.1, 0.15) is 6.07 Å². The van der Waals surface area contributed by atoms with E-state index < -0.39 is 0 Å². The second-order valence-electron chi connectivity index (χ2n) is 5.17. The smallest absolute Gasteiger partial charge is 0.102 e. The molecule has 3 rings (SSSR count). The Morgan fingerprint density at radius 3 is 3.00 bits per heavy atom. The van der Waals surface area contributed by atoms with E-state index in [9.17, 15) is 5.26 Å². The highest BCUT2D eigenvalue weighted by atomic mass is 15.0. The van der Waals surface area contributed by atoms with Crippen molar-refractivity contribution in [2.75, 3.05) is 0 Å². The first-order valence-electron chi connectivity index (χ1n) is 6.68. The van der Waals surface area contributed by atoms with Crippen LogP contribution in [0.25, 0.3) is 5.69 Å². The molecule has 1 atom stereocenters. The van der Waals surface area contributed by atoms with E-state index in [1.165, 1.54) is 11.3 Å². The number of hydrogen-bond acceptors (Lipinski definition) is 2. The van der Waals surface area contributed by atoms with E-state index in [0.717, 1.165) is 36.1 Å². The van der Waals surface area contributed by atoms with E-state index in [1.807, 2.05) is 31.3 Å². The molecule has 3 nitrogen and oxygen atoms in total. The summed E-state index contributed by atoms with van der Waals surface area (Å²) in [4.78, 5) is 0. The molecule has 1 aliphatic rings. The van der Waals surface area contributed by atoms with E-state index in [-0.39, 0.29) is 6.04 Å². The van der Waals surface area contributed by atoms with Crippen molar-refractivity contribution in [2.45, 2.75) is 32.2 Å². The Balaban J connectivity index is 2.19. The summed E-state index contributed by atoms with van der Waals surface area (Å²) in [7, 11) is 0. The van der Waals surface area contributed by atoms with Crippen LogP contribution < -0.4 is 5.73 Å². The first-order valence-corrected chi connectivity index (χ1v) is 6.68. The Labute approximate surface area is 113 Å². The second kappa shape index (κ2) is 4.56. The van der Waals surface area contributed by atoms with E-state index >= 15 is 0 Å². The summed E-state index contributed by atoms with van der Waals surface area (Å²) in [5.41, 5.74) is 11.4. The first kappa shape index (κ1) is 12.0. The molecule has 0 saturated heterocycles. The van der Waals surface area contributed by atoms with Crippen LogP contribution in [-0.4, -0.2) is 4.57 Å². The number of hydrogen-bond donors (Lipinski definition) is 1. The summed E-state index contributed by atoms with van der Waals surface area (Å²) >= 11 is 0. The lowest BCUT2D eigenvalue weighted by molar-refractivity contribution is 0.560. The molecule has 1 aliphatic carbocycles. The lowest BCUT2D eigenvalue weighted by atomic mass is 9.93. The average Bonchev–Trinajstić information content (AvgIpc) is 2.83. The molecule has 0 saturated carbocycles. The van der Waals surface area contributed by atoms with Crippen molar-refractivity contribution in [1.29, 1.82) is 5.26 Å². The fourth-order valence-electron chi connectivity index (χ4n) is 2.95. The van der Waals surface area contributed by atoms with Gasteiger partial charge < -0.3 is 10.3 Å². The van der Waals surface area contributed by atoms with Crippen LogP contribution >= 0.6 is 0 Å². The van der Waals surface area contributed by atoms with Gasteiger partial charge in [-0.3, -0.25) is 0 Å². The molecule has 1 heterocycles. The Morgan fingerprint density at radius 1 is 1.37 bits per heavy atom. The Kier molecular flexibility index (Phi) is 2.88.